The minimum atomic E-state index is -0.570. The van der Waals surface area contributed by atoms with E-state index >= 15 is 0 Å². The first-order valence-corrected chi connectivity index (χ1v) is 7.45. The molecule has 0 spiro atoms. The third kappa shape index (κ3) is 3.00. The van der Waals surface area contributed by atoms with Gasteiger partial charge in [0.25, 0.3) is 5.69 Å². The number of nitro groups is 1. The number of nitrogens with zero attached hydrogens (tertiary/aromatic N) is 2. The summed E-state index contributed by atoms with van der Waals surface area (Å²) in [6, 6.07) is 3.80. The number of ether oxygens (including phenoxy) is 1. The van der Waals surface area contributed by atoms with Gasteiger partial charge in [-0.1, -0.05) is 0 Å². The van der Waals surface area contributed by atoms with Crippen molar-refractivity contribution in [3.8, 4) is 0 Å². The van der Waals surface area contributed by atoms with Crippen molar-refractivity contribution < 1.29 is 14.1 Å². The van der Waals surface area contributed by atoms with Gasteiger partial charge in [0.1, 0.15) is 11.5 Å². The van der Waals surface area contributed by atoms with Crippen LogP contribution in [0.4, 0.5) is 15.8 Å². The zero-order valence-corrected chi connectivity index (χ0v) is 11.8. The maximum atomic E-state index is 13.2. The van der Waals surface area contributed by atoms with Crippen LogP contribution in [0.5, 0.6) is 0 Å². The quantitative estimate of drug-likeness (QED) is 0.635. The van der Waals surface area contributed by atoms with Crippen molar-refractivity contribution in [1.29, 1.82) is 0 Å². The van der Waals surface area contributed by atoms with Crippen LogP contribution in [-0.2, 0) is 4.74 Å². The van der Waals surface area contributed by atoms with Crippen LogP contribution < -0.4 is 4.90 Å². The fourth-order valence-corrected chi connectivity index (χ4v) is 3.40. The summed E-state index contributed by atoms with van der Waals surface area (Å²) in [4.78, 5) is 12.6. The third-order valence-electron chi connectivity index (χ3n) is 4.51. The molecule has 2 heterocycles. The summed E-state index contributed by atoms with van der Waals surface area (Å²) in [5.74, 6) is -0.0250. The van der Waals surface area contributed by atoms with E-state index in [2.05, 4.69) is 0 Å². The zero-order chi connectivity index (χ0) is 14.8. The van der Waals surface area contributed by atoms with Gasteiger partial charge in [-0.25, -0.2) is 4.39 Å². The minimum absolute atomic E-state index is 0.148. The number of nitro benzene ring substituents is 1. The van der Waals surface area contributed by atoms with Gasteiger partial charge in [0.05, 0.1) is 17.1 Å². The topological polar surface area (TPSA) is 55.6 Å². The van der Waals surface area contributed by atoms with Gasteiger partial charge < -0.3 is 9.64 Å². The van der Waals surface area contributed by atoms with E-state index in [0.29, 0.717) is 17.7 Å². The first kappa shape index (κ1) is 14.3. The summed E-state index contributed by atoms with van der Waals surface area (Å²) < 4.78 is 18.9. The lowest BCUT2D eigenvalue weighted by molar-refractivity contribution is -0.384. The van der Waals surface area contributed by atoms with E-state index in [1.165, 1.54) is 12.1 Å². The number of halogens is 1. The molecule has 114 valence electrons. The van der Waals surface area contributed by atoms with Crippen molar-refractivity contribution in [2.45, 2.75) is 31.8 Å². The molecule has 2 aliphatic rings. The standard InChI is InChI=1S/C15H19FN2O3/c16-12-3-4-13(14(10-12)18(19)20)17-7-5-11(6-8-17)15-2-1-9-21-15/h3-4,10-11,15H,1-2,5-9H2. The molecule has 2 aliphatic heterocycles. The van der Waals surface area contributed by atoms with Gasteiger partial charge in [0.2, 0.25) is 0 Å². The Morgan fingerprint density at radius 3 is 2.67 bits per heavy atom. The van der Waals surface area contributed by atoms with Crippen molar-refractivity contribution in [1.82, 2.24) is 0 Å². The van der Waals surface area contributed by atoms with Crippen molar-refractivity contribution in [3.05, 3.63) is 34.1 Å². The van der Waals surface area contributed by atoms with Gasteiger partial charge >= 0.3 is 0 Å². The van der Waals surface area contributed by atoms with Gasteiger partial charge in [0.15, 0.2) is 0 Å². The van der Waals surface area contributed by atoms with E-state index in [9.17, 15) is 14.5 Å². The smallest absolute Gasteiger partial charge is 0.295 e. The molecule has 0 bridgehead atoms. The van der Waals surface area contributed by atoms with E-state index in [-0.39, 0.29) is 5.69 Å². The van der Waals surface area contributed by atoms with Crippen molar-refractivity contribution in [2.75, 3.05) is 24.6 Å². The molecule has 6 heteroatoms. The molecule has 2 fully saturated rings. The Morgan fingerprint density at radius 2 is 2.05 bits per heavy atom. The van der Waals surface area contributed by atoms with E-state index in [0.717, 1.165) is 51.4 Å². The molecule has 0 amide bonds. The molecular weight excluding hydrogens is 275 g/mol. The monoisotopic (exact) mass is 294 g/mol. The van der Waals surface area contributed by atoms with Crippen LogP contribution >= 0.6 is 0 Å². The lowest BCUT2D eigenvalue weighted by atomic mass is 9.89. The van der Waals surface area contributed by atoms with Gasteiger partial charge in [-0.2, -0.15) is 0 Å². The van der Waals surface area contributed by atoms with Crippen LogP contribution in [0.25, 0.3) is 0 Å². The second kappa shape index (κ2) is 5.97. The Hall–Kier alpha value is -1.69. The van der Waals surface area contributed by atoms with Crippen LogP contribution in [0.2, 0.25) is 0 Å². The molecule has 0 saturated carbocycles. The highest BCUT2D eigenvalue weighted by Gasteiger charge is 2.31. The SMILES string of the molecule is O=[N+]([O-])c1cc(F)ccc1N1CCC(C2CCCO2)CC1. The molecule has 3 rings (SSSR count). The van der Waals surface area contributed by atoms with Crippen LogP contribution in [0, 0.1) is 21.8 Å². The van der Waals surface area contributed by atoms with Crippen LogP contribution in [0.15, 0.2) is 18.2 Å². The normalized spacial score (nSPS) is 23.5. The highest BCUT2D eigenvalue weighted by atomic mass is 19.1. The number of anilines is 1. The van der Waals surface area contributed by atoms with E-state index in [1.54, 1.807) is 0 Å². The highest BCUT2D eigenvalue weighted by Crippen LogP contribution is 2.34. The van der Waals surface area contributed by atoms with E-state index < -0.39 is 10.7 Å². The predicted molar refractivity (Wildman–Crippen MR) is 77.0 cm³/mol. The van der Waals surface area contributed by atoms with Gasteiger partial charge in [-0.15, -0.1) is 0 Å². The second-order valence-corrected chi connectivity index (χ2v) is 5.77. The molecular formula is C15H19FN2O3. The Labute approximate surface area is 122 Å². The van der Waals surface area contributed by atoms with E-state index in [1.807, 2.05) is 4.90 Å². The van der Waals surface area contributed by atoms with Crippen molar-refractivity contribution in [2.24, 2.45) is 5.92 Å². The number of piperidine rings is 1. The number of rotatable bonds is 3. The van der Waals surface area contributed by atoms with Gasteiger partial charge in [-0.05, 0) is 43.7 Å². The largest absolute Gasteiger partial charge is 0.378 e. The molecule has 0 aromatic heterocycles. The summed E-state index contributed by atoms with van der Waals surface area (Å²) >= 11 is 0. The summed E-state index contributed by atoms with van der Waals surface area (Å²) in [6.45, 7) is 2.38. The molecule has 21 heavy (non-hydrogen) atoms. The van der Waals surface area contributed by atoms with Gasteiger partial charge in [-0.3, -0.25) is 10.1 Å². The summed E-state index contributed by atoms with van der Waals surface area (Å²) in [7, 11) is 0. The first-order chi connectivity index (χ1) is 10.1. The summed E-state index contributed by atoms with van der Waals surface area (Å²) in [6.07, 6.45) is 4.56. The fourth-order valence-electron chi connectivity index (χ4n) is 3.40. The van der Waals surface area contributed by atoms with Crippen molar-refractivity contribution >= 4 is 11.4 Å². The maximum absolute atomic E-state index is 13.2. The average molecular weight is 294 g/mol. The number of benzene rings is 1. The number of hydrogen-bond donors (Lipinski definition) is 0. The minimum Gasteiger partial charge on any atom is -0.378 e. The molecule has 5 nitrogen and oxygen atoms in total. The summed E-state index contributed by atoms with van der Waals surface area (Å²) in [5, 5.41) is 11.1. The molecule has 2 saturated heterocycles. The van der Waals surface area contributed by atoms with Crippen LogP contribution in [-0.4, -0.2) is 30.7 Å². The Morgan fingerprint density at radius 1 is 1.29 bits per heavy atom. The lowest BCUT2D eigenvalue weighted by Gasteiger charge is -2.35. The van der Waals surface area contributed by atoms with E-state index in [4.69, 9.17) is 4.74 Å². The van der Waals surface area contributed by atoms with Crippen molar-refractivity contribution in [3.63, 3.8) is 0 Å². The van der Waals surface area contributed by atoms with Crippen LogP contribution in [0.1, 0.15) is 25.7 Å². The number of hydrogen-bond acceptors (Lipinski definition) is 4. The molecule has 0 radical (unpaired) electrons. The predicted octanol–water partition coefficient (Wildman–Crippen LogP) is 3.13. The van der Waals surface area contributed by atoms with Gasteiger partial charge in [0, 0.05) is 19.7 Å². The van der Waals surface area contributed by atoms with Crippen LogP contribution in [0.3, 0.4) is 0 Å². The lowest BCUT2D eigenvalue weighted by Crippen LogP contribution is -2.38. The second-order valence-electron chi connectivity index (χ2n) is 5.77. The molecule has 0 aliphatic carbocycles. The molecule has 1 atom stereocenters. The maximum Gasteiger partial charge on any atom is 0.295 e. The summed E-state index contributed by atoms with van der Waals surface area (Å²) in [5.41, 5.74) is 0.373. The molecule has 1 unspecified atom stereocenters. The fraction of sp³-hybridized carbons (Fsp3) is 0.600. The zero-order valence-electron chi connectivity index (χ0n) is 11.8. The molecule has 1 aromatic carbocycles. The Balaban J connectivity index is 1.70. The molecule has 1 aromatic rings. The Bertz CT molecular complexity index is 524. The Kier molecular flexibility index (Phi) is 4.05. The first-order valence-electron chi connectivity index (χ1n) is 7.45. The molecule has 0 N–H and O–H groups in total. The highest BCUT2D eigenvalue weighted by molar-refractivity contribution is 5.63. The third-order valence-corrected chi connectivity index (χ3v) is 4.51. The average Bonchev–Trinajstić information content (AvgIpc) is 3.01.